The van der Waals surface area contributed by atoms with E-state index in [1.165, 1.54) is 0 Å². The summed E-state index contributed by atoms with van der Waals surface area (Å²) in [5, 5.41) is 10.1. The van der Waals surface area contributed by atoms with Gasteiger partial charge < -0.3 is 20.3 Å². The fourth-order valence-corrected chi connectivity index (χ4v) is 2.03. The van der Waals surface area contributed by atoms with Crippen molar-refractivity contribution in [2.45, 2.75) is 19.1 Å². The van der Waals surface area contributed by atoms with Crippen molar-refractivity contribution in [1.82, 2.24) is 0 Å². The average Bonchev–Trinajstić information content (AvgIpc) is 2.53. The van der Waals surface area contributed by atoms with E-state index in [1.54, 1.807) is 7.11 Å². The first kappa shape index (κ1) is 15.4. The fourth-order valence-electron chi connectivity index (χ4n) is 2.03. The van der Waals surface area contributed by atoms with E-state index in [-0.39, 0.29) is 12.6 Å². The van der Waals surface area contributed by atoms with Gasteiger partial charge in [-0.2, -0.15) is 0 Å². The minimum absolute atomic E-state index is 0.0668. The van der Waals surface area contributed by atoms with E-state index in [1.807, 2.05) is 55.5 Å². The lowest BCUT2D eigenvalue weighted by molar-refractivity contribution is 0.106. The highest BCUT2D eigenvalue weighted by Crippen LogP contribution is 2.30. The first-order valence-corrected chi connectivity index (χ1v) is 6.91. The Morgan fingerprint density at radius 2 is 1.76 bits per heavy atom. The lowest BCUT2D eigenvalue weighted by Gasteiger charge is -2.16. The molecular formula is C17H21NO3. The molecule has 0 saturated carbocycles. The Labute approximate surface area is 125 Å². The Hall–Kier alpha value is -2.04. The zero-order chi connectivity index (χ0) is 15.2. The highest BCUT2D eigenvalue weighted by atomic mass is 16.5. The molecule has 0 aromatic heterocycles. The molecule has 2 unspecified atom stereocenters. The van der Waals surface area contributed by atoms with Crippen LogP contribution in [-0.4, -0.2) is 18.8 Å². The molecule has 0 aliphatic heterocycles. The molecule has 0 aliphatic carbocycles. The summed E-state index contributed by atoms with van der Waals surface area (Å²) in [5.41, 5.74) is 7.65. The van der Waals surface area contributed by atoms with Crippen LogP contribution in [0.5, 0.6) is 11.5 Å². The predicted octanol–water partition coefficient (Wildman–Crippen LogP) is 2.83. The van der Waals surface area contributed by atoms with Gasteiger partial charge in [0.1, 0.15) is 12.7 Å². The van der Waals surface area contributed by atoms with Gasteiger partial charge in [0.05, 0.1) is 7.11 Å². The lowest BCUT2D eigenvalue weighted by Crippen LogP contribution is -2.10. The molecule has 4 heteroatoms. The molecule has 21 heavy (non-hydrogen) atoms. The molecule has 0 fully saturated rings. The Balaban J connectivity index is 2.06. The summed E-state index contributed by atoms with van der Waals surface area (Å²) in [4.78, 5) is 0. The zero-order valence-corrected chi connectivity index (χ0v) is 12.3. The van der Waals surface area contributed by atoms with Gasteiger partial charge in [-0.05, 0) is 30.2 Å². The Morgan fingerprint density at radius 3 is 2.38 bits per heavy atom. The number of aliphatic hydroxyl groups is 1. The highest BCUT2D eigenvalue weighted by Gasteiger charge is 2.12. The topological polar surface area (TPSA) is 64.7 Å². The smallest absolute Gasteiger partial charge is 0.161 e. The van der Waals surface area contributed by atoms with Crippen molar-refractivity contribution in [3.05, 3.63) is 59.7 Å². The van der Waals surface area contributed by atoms with Crippen LogP contribution in [0.4, 0.5) is 0 Å². The van der Waals surface area contributed by atoms with Crippen LogP contribution >= 0.6 is 0 Å². The monoisotopic (exact) mass is 287 g/mol. The minimum Gasteiger partial charge on any atom is -0.493 e. The largest absolute Gasteiger partial charge is 0.493 e. The van der Waals surface area contributed by atoms with Crippen LogP contribution < -0.4 is 15.2 Å². The number of ether oxygens (including phenoxy) is 2. The van der Waals surface area contributed by atoms with Crippen molar-refractivity contribution >= 4 is 0 Å². The normalized spacial score (nSPS) is 13.5. The summed E-state index contributed by atoms with van der Waals surface area (Å²) in [5.74, 6) is 1.21. The van der Waals surface area contributed by atoms with E-state index >= 15 is 0 Å². The van der Waals surface area contributed by atoms with Gasteiger partial charge in [0, 0.05) is 6.04 Å². The number of hydrogen-bond acceptors (Lipinski definition) is 4. The summed E-state index contributed by atoms with van der Waals surface area (Å²) < 4.78 is 11.0. The molecule has 0 heterocycles. The summed E-state index contributed by atoms with van der Waals surface area (Å²) in [7, 11) is 1.58. The van der Waals surface area contributed by atoms with Gasteiger partial charge in [0.25, 0.3) is 0 Å². The fraction of sp³-hybridized carbons (Fsp3) is 0.294. The standard InChI is InChI=1S/C17H21NO3/c1-12(18)14-8-9-16(17(10-14)20-2)21-11-15(19)13-6-4-3-5-7-13/h3-10,12,15,19H,11,18H2,1-2H3. The van der Waals surface area contributed by atoms with Crippen LogP contribution in [0, 0.1) is 0 Å². The third-order valence-electron chi connectivity index (χ3n) is 3.29. The van der Waals surface area contributed by atoms with Crippen LogP contribution in [-0.2, 0) is 0 Å². The molecule has 2 rings (SSSR count). The molecule has 0 aliphatic rings. The van der Waals surface area contributed by atoms with Crippen LogP contribution in [0.1, 0.15) is 30.2 Å². The van der Waals surface area contributed by atoms with E-state index in [9.17, 15) is 5.11 Å². The third kappa shape index (κ3) is 3.97. The summed E-state index contributed by atoms with van der Waals surface area (Å²) >= 11 is 0. The van der Waals surface area contributed by atoms with Gasteiger partial charge in [-0.25, -0.2) is 0 Å². The molecule has 0 amide bonds. The molecular weight excluding hydrogens is 266 g/mol. The molecule has 112 valence electrons. The van der Waals surface area contributed by atoms with Crippen LogP contribution in [0.15, 0.2) is 48.5 Å². The second-order valence-electron chi connectivity index (χ2n) is 4.94. The first-order chi connectivity index (χ1) is 10.1. The average molecular weight is 287 g/mol. The second-order valence-corrected chi connectivity index (χ2v) is 4.94. The Morgan fingerprint density at radius 1 is 1.05 bits per heavy atom. The quantitative estimate of drug-likeness (QED) is 0.857. The van der Waals surface area contributed by atoms with E-state index in [4.69, 9.17) is 15.2 Å². The number of nitrogens with two attached hydrogens (primary N) is 1. The van der Waals surface area contributed by atoms with Crippen molar-refractivity contribution in [1.29, 1.82) is 0 Å². The van der Waals surface area contributed by atoms with Crippen molar-refractivity contribution in [2.75, 3.05) is 13.7 Å². The predicted molar refractivity (Wildman–Crippen MR) is 82.5 cm³/mol. The van der Waals surface area contributed by atoms with Crippen molar-refractivity contribution in [3.63, 3.8) is 0 Å². The van der Waals surface area contributed by atoms with Gasteiger partial charge in [-0.1, -0.05) is 36.4 Å². The van der Waals surface area contributed by atoms with Gasteiger partial charge in [0.2, 0.25) is 0 Å². The van der Waals surface area contributed by atoms with Crippen molar-refractivity contribution < 1.29 is 14.6 Å². The molecule has 3 N–H and O–H groups in total. The number of methoxy groups -OCH3 is 1. The minimum atomic E-state index is -0.677. The van der Waals surface area contributed by atoms with Crippen molar-refractivity contribution in [2.24, 2.45) is 5.73 Å². The number of benzene rings is 2. The molecule has 0 spiro atoms. The molecule has 0 bridgehead atoms. The molecule has 4 nitrogen and oxygen atoms in total. The number of rotatable bonds is 6. The van der Waals surface area contributed by atoms with Gasteiger partial charge in [-0.15, -0.1) is 0 Å². The maximum absolute atomic E-state index is 10.1. The van der Waals surface area contributed by atoms with E-state index in [0.29, 0.717) is 11.5 Å². The highest BCUT2D eigenvalue weighted by molar-refractivity contribution is 5.43. The Bertz CT molecular complexity index is 570. The van der Waals surface area contributed by atoms with E-state index in [2.05, 4.69) is 0 Å². The van der Waals surface area contributed by atoms with E-state index < -0.39 is 6.10 Å². The lowest BCUT2D eigenvalue weighted by atomic mass is 10.1. The third-order valence-corrected chi connectivity index (χ3v) is 3.29. The van der Waals surface area contributed by atoms with Gasteiger partial charge in [0.15, 0.2) is 11.5 Å². The zero-order valence-electron chi connectivity index (χ0n) is 12.3. The molecule has 2 atom stereocenters. The molecule has 2 aromatic rings. The van der Waals surface area contributed by atoms with Crippen molar-refractivity contribution in [3.8, 4) is 11.5 Å². The maximum Gasteiger partial charge on any atom is 0.161 e. The van der Waals surface area contributed by atoms with E-state index in [0.717, 1.165) is 11.1 Å². The van der Waals surface area contributed by atoms with Crippen LogP contribution in [0.3, 0.4) is 0 Å². The number of aliphatic hydroxyl groups excluding tert-OH is 1. The van der Waals surface area contributed by atoms with Crippen LogP contribution in [0.25, 0.3) is 0 Å². The summed E-state index contributed by atoms with van der Waals surface area (Å²) in [6.07, 6.45) is -0.677. The maximum atomic E-state index is 10.1. The Kier molecular flexibility index (Phi) is 5.20. The van der Waals surface area contributed by atoms with Gasteiger partial charge in [-0.3, -0.25) is 0 Å². The second kappa shape index (κ2) is 7.11. The molecule has 2 aromatic carbocycles. The molecule has 0 radical (unpaired) electrons. The van der Waals surface area contributed by atoms with Gasteiger partial charge >= 0.3 is 0 Å². The molecule has 0 saturated heterocycles. The number of hydrogen-bond donors (Lipinski definition) is 2. The first-order valence-electron chi connectivity index (χ1n) is 6.91. The van der Waals surface area contributed by atoms with Crippen LogP contribution in [0.2, 0.25) is 0 Å². The summed E-state index contributed by atoms with van der Waals surface area (Å²) in [6.45, 7) is 2.08. The summed E-state index contributed by atoms with van der Waals surface area (Å²) in [6, 6.07) is 14.9. The SMILES string of the molecule is COc1cc(C(C)N)ccc1OCC(O)c1ccccc1.